The van der Waals surface area contributed by atoms with Gasteiger partial charge in [-0.05, 0) is 56.2 Å². The number of aryl methyl sites for hydroxylation is 1. The van der Waals surface area contributed by atoms with Crippen LogP contribution in [-0.2, 0) is 16.8 Å². The number of carbonyl (C=O) groups excluding carboxylic acids is 1. The highest BCUT2D eigenvalue weighted by Crippen LogP contribution is 2.41. The van der Waals surface area contributed by atoms with E-state index in [0.717, 1.165) is 37.6 Å². The molecule has 0 bridgehead atoms. The van der Waals surface area contributed by atoms with E-state index < -0.39 is 0 Å². The van der Waals surface area contributed by atoms with Crippen LogP contribution < -0.4 is 5.32 Å². The third-order valence-electron chi connectivity index (χ3n) is 5.29. The van der Waals surface area contributed by atoms with Gasteiger partial charge in [-0.15, -0.1) is 11.3 Å². The maximum Gasteiger partial charge on any atom is 0.220 e. The third-order valence-corrected chi connectivity index (χ3v) is 6.39. The van der Waals surface area contributed by atoms with E-state index in [9.17, 15) is 4.79 Å². The molecule has 1 aliphatic carbocycles. The Morgan fingerprint density at radius 1 is 1.04 bits per heavy atom. The van der Waals surface area contributed by atoms with Gasteiger partial charge in [0.15, 0.2) is 0 Å². The summed E-state index contributed by atoms with van der Waals surface area (Å²) in [7, 11) is 0. The number of hydrogen-bond acceptors (Lipinski definition) is 3. The summed E-state index contributed by atoms with van der Waals surface area (Å²) in [5.74, 6) is 0.179. The van der Waals surface area contributed by atoms with Crippen LogP contribution in [0.2, 0.25) is 0 Å². The van der Waals surface area contributed by atoms with Gasteiger partial charge in [0.2, 0.25) is 5.91 Å². The molecular formula is C22H24N2OS. The molecule has 0 unspecified atom stereocenters. The van der Waals surface area contributed by atoms with Crippen LogP contribution in [0.3, 0.4) is 0 Å². The average molecular weight is 365 g/mol. The molecule has 134 valence electrons. The highest BCUT2D eigenvalue weighted by atomic mass is 32.1. The third kappa shape index (κ3) is 3.65. The topological polar surface area (TPSA) is 42.0 Å². The monoisotopic (exact) mass is 364 g/mol. The second-order valence-corrected chi connectivity index (χ2v) is 8.25. The number of thiazole rings is 1. The number of hydrogen-bond donors (Lipinski definition) is 1. The zero-order valence-electron chi connectivity index (χ0n) is 14.9. The van der Waals surface area contributed by atoms with Gasteiger partial charge in [0.1, 0.15) is 0 Å². The molecule has 0 atom stereocenters. The number of nitrogens with one attached hydrogen (secondary N) is 1. The fourth-order valence-electron chi connectivity index (χ4n) is 3.69. The maximum absolute atomic E-state index is 12.5. The summed E-state index contributed by atoms with van der Waals surface area (Å²) in [6, 6.07) is 18.7. The van der Waals surface area contributed by atoms with Crippen molar-refractivity contribution >= 4 is 27.5 Å². The fourth-order valence-corrected chi connectivity index (χ4v) is 4.70. The molecule has 4 heteroatoms. The minimum atomic E-state index is -0.120. The lowest BCUT2D eigenvalue weighted by atomic mass is 9.71. The highest BCUT2D eigenvalue weighted by Gasteiger charge is 2.39. The van der Waals surface area contributed by atoms with E-state index in [1.54, 1.807) is 11.3 Å². The number of amides is 1. The van der Waals surface area contributed by atoms with E-state index in [1.807, 2.05) is 12.1 Å². The highest BCUT2D eigenvalue weighted by molar-refractivity contribution is 7.18. The van der Waals surface area contributed by atoms with Crippen molar-refractivity contribution in [3.8, 4) is 0 Å². The zero-order chi connectivity index (χ0) is 17.8. The zero-order valence-corrected chi connectivity index (χ0v) is 15.7. The summed E-state index contributed by atoms with van der Waals surface area (Å²) in [5.41, 5.74) is 2.21. The van der Waals surface area contributed by atoms with E-state index in [4.69, 9.17) is 0 Å². The molecule has 1 amide bonds. The maximum atomic E-state index is 12.5. The molecule has 1 N–H and O–H groups in total. The van der Waals surface area contributed by atoms with Crippen LogP contribution >= 0.6 is 11.3 Å². The Kier molecular flexibility index (Phi) is 5.02. The number of unbranched alkanes of at least 4 members (excludes halogenated alkanes) is 1. The first-order chi connectivity index (χ1) is 12.8. The van der Waals surface area contributed by atoms with Gasteiger partial charge in [-0.2, -0.15) is 0 Å². The Balaban J connectivity index is 1.26. The first-order valence-corrected chi connectivity index (χ1v) is 10.3. The van der Waals surface area contributed by atoms with Crippen molar-refractivity contribution in [1.29, 1.82) is 0 Å². The minimum Gasteiger partial charge on any atom is -0.347 e. The number of carbonyl (C=O) groups is 1. The lowest BCUT2D eigenvalue weighted by molar-refractivity contribution is -0.124. The Labute approximate surface area is 158 Å². The molecule has 3 aromatic rings. The van der Waals surface area contributed by atoms with Gasteiger partial charge in [0, 0.05) is 6.42 Å². The van der Waals surface area contributed by atoms with Gasteiger partial charge in [-0.3, -0.25) is 4.79 Å². The molecule has 1 fully saturated rings. The van der Waals surface area contributed by atoms with Gasteiger partial charge < -0.3 is 5.32 Å². The van der Waals surface area contributed by atoms with Crippen LogP contribution in [0.5, 0.6) is 0 Å². The predicted octanol–water partition coefficient (Wildman–Crippen LogP) is 5.20. The molecule has 4 rings (SSSR count). The van der Waals surface area contributed by atoms with Crippen molar-refractivity contribution in [2.24, 2.45) is 0 Å². The van der Waals surface area contributed by atoms with Crippen LogP contribution in [0, 0.1) is 0 Å². The molecule has 0 saturated heterocycles. The molecular weight excluding hydrogens is 340 g/mol. The smallest absolute Gasteiger partial charge is 0.220 e. The molecule has 0 aliphatic heterocycles. The average Bonchev–Trinajstić information content (AvgIpc) is 3.05. The predicted molar refractivity (Wildman–Crippen MR) is 107 cm³/mol. The number of nitrogens with zero attached hydrogens (tertiary/aromatic N) is 1. The Morgan fingerprint density at radius 2 is 1.81 bits per heavy atom. The molecule has 1 saturated carbocycles. The second kappa shape index (κ2) is 7.58. The van der Waals surface area contributed by atoms with Crippen LogP contribution in [0.4, 0.5) is 0 Å². The van der Waals surface area contributed by atoms with Crippen molar-refractivity contribution in [3.05, 3.63) is 65.2 Å². The lowest BCUT2D eigenvalue weighted by Gasteiger charge is -2.43. The van der Waals surface area contributed by atoms with E-state index in [1.165, 1.54) is 21.7 Å². The van der Waals surface area contributed by atoms with Gasteiger partial charge in [0.25, 0.3) is 0 Å². The number of para-hydroxylation sites is 1. The van der Waals surface area contributed by atoms with Crippen LogP contribution in [0.1, 0.15) is 49.1 Å². The molecule has 0 radical (unpaired) electrons. The van der Waals surface area contributed by atoms with Crippen LogP contribution in [0.25, 0.3) is 10.2 Å². The van der Waals surface area contributed by atoms with Gasteiger partial charge >= 0.3 is 0 Å². The molecule has 1 aromatic heterocycles. The quantitative estimate of drug-likeness (QED) is 0.585. The molecule has 1 aliphatic rings. The Morgan fingerprint density at radius 3 is 2.54 bits per heavy atom. The standard InChI is InChI=1S/C22H24N2OS/c25-20(24-22(15-8-16-22)17-9-2-1-3-10-17)13-6-7-14-21-23-18-11-4-5-12-19(18)26-21/h1-5,9-12H,6-8,13-16H2,(H,24,25). The fraction of sp³-hybridized carbons (Fsp3) is 0.364. The summed E-state index contributed by atoms with van der Waals surface area (Å²) in [6.45, 7) is 0. The van der Waals surface area contributed by atoms with E-state index in [-0.39, 0.29) is 11.4 Å². The summed E-state index contributed by atoms with van der Waals surface area (Å²) in [4.78, 5) is 17.1. The van der Waals surface area contributed by atoms with E-state index in [0.29, 0.717) is 6.42 Å². The summed E-state index contributed by atoms with van der Waals surface area (Å²) < 4.78 is 1.25. The summed E-state index contributed by atoms with van der Waals surface area (Å²) in [6.07, 6.45) is 6.75. The second-order valence-electron chi connectivity index (χ2n) is 7.13. The number of fused-ring (bicyclic) bond motifs is 1. The summed E-state index contributed by atoms with van der Waals surface area (Å²) in [5, 5.41) is 4.49. The van der Waals surface area contributed by atoms with Gasteiger partial charge in [-0.1, -0.05) is 42.5 Å². The number of aromatic nitrogens is 1. The van der Waals surface area contributed by atoms with E-state index >= 15 is 0 Å². The molecule has 1 heterocycles. The molecule has 2 aromatic carbocycles. The first-order valence-electron chi connectivity index (χ1n) is 9.46. The van der Waals surface area contributed by atoms with Crippen LogP contribution in [0.15, 0.2) is 54.6 Å². The molecule has 3 nitrogen and oxygen atoms in total. The van der Waals surface area contributed by atoms with Crippen molar-refractivity contribution in [2.45, 2.75) is 50.5 Å². The van der Waals surface area contributed by atoms with Gasteiger partial charge in [0.05, 0.1) is 20.8 Å². The number of rotatable bonds is 7. The number of benzene rings is 2. The Hall–Kier alpha value is -2.20. The minimum absolute atomic E-state index is 0.120. The molecule has 26 heavy (non-hydrogen) atoms. The largest absolute Gasteiger partial charge is 0.347 e. The van der Waals surface area contributed by atoms with Crippen molar-refractivity contribution in [3.63, 3.8) is 0 Å². The summed E-state index contributed by atoms with van der Waals surface area (Å²) >= 11 is 1.76. The van der Waals surface area contributed by atoms with E-state index in [2.05, 4.69) is 52.8 Å². The molecule has 0 spiro atoms. The first kappa shape index (κ1) is 17.2. The van der Waals surface area contributed by atoms with Crippen LogP contribution in [-0.4, -0.2) is 10.9 Å². The van der Waals surface area contributed by atoms with Crippen molar-refractivity contribution in [2.75, 3.05) is 0 Å². The van der Waals surface area contributed by atoms with Gasteiger partial charge in [-0.25, -0.2) is 4.98 Å². The lowest BCUT2D eigenvalue weighted by Crippen LogP contribution is -2.50. The normalized spacial score (nSPS) is 15.5. The SMILES string of the molecule is O=C(CCCCc1nc2ccccc2s1)NC1(c2ccccc2)CCC1. The van der Waals surface area contributed by atoms with Crippen molar-refractivity contribution in [1.82, 2.24) is 10.3 Å². The van der Waals surface area contributed by atoms with Crippen molar-refractivity contribution < 1.29 is 4.79 Å². The Bertz CT molecular complexity index is 850.